The van der Waals surface area contributed by atoms with Crippen molar-refractivity contribution >= 4 is 33.4 Å². The van der Waals surface area contributed by atoms with Crippen LogP contribution in [0.25, 0.3) is 0 Å². The van der Waals surface area contributed by atoms with Crippen molar-refractivity contribution in [3.8, 4) is 0 Å². The normalized spacial score (nSPS) is 22.3. The van der Waals surface area contributed by atoms with Crippen LogP contribution in [0.2, 0.25) is 0 Å². The van der Waals surface area contributed by atoms with E-state index in [0.717, 1.165) is 81.4 Å². The van der Waals surface area contributed by atoms with Gasteiger partial charge in [0, 0.05) is 19.0 Å². The van der Waals surface area contributed by atoms with Crippen molar-refractivity contribution in [2.45, 2.75) is 198 Å². The first-order chi connectivity index (χ1) is 35.1. The van der Waals surface area contributed by atoms with Gasteiger partial charge in [-0.15, -0.1) is 0 Å². The Morgan fingerprint density at radius 3 is 1.81 bits per heavy atom. The molecule has 1 aromatic heterocycles. The smallest absolute Gasteiger partial charge is 0.462 e. The lowest BCUT2D eigenvalue weighted by atomic mass is 10.1. The van der Waals surface area contributed by atoms with Gasteiger partial charge in [0.05, 0.1) is 25.4 Å². The maximum absolute atomic E-state index is 12.9. The Labute approximate surface area is 431 Å². The molecule has 21 heteroatoms. The van der Waals surface area contributed by atoms with Crippen molar-refractivity contribution in [1.29, 1.82) is 0 Å². The molecule has 2 aliphatic rings. The highest BCUT2D eigenvalue weighted by Gasteiger charge is 2.46. The van der Waals surface area contributed by atoms with Crippen LogP contribution in [0.3, 0.4) is 0 Å². The molecular weight excluding hydrogens is 985 g/mol. The number of aliphatic hydroxyl groups is 2. The van der Waals surface area contributed by atoms with E-state index < -0.39 is 83.7 Å². The lowest BCUT2D eigenvalue weighted by Crippen LogP contribution is -2.36. The summed E-state index contributed by atoms with van der Waals surface area (Å²) in [5.41, 5.74) is 4.58. The van der Waals surface area contributed by atoms with E-state index in [1.807, 2.05) is 12.2 Å². The van der Waals surface area contributed by atoms with E-state index in [0.29, 0.717) is 19.3 Å². The fraction of sp³-hybridized carbons (Fsp3) is 0.654. The Bertz CT molecular complexity index is 2080. The van der Waals surface area contributed by atoms with Crippen LogP contribution in [0.5, 0.6) is 0 Å². The highest BCUT2D eigenvalue weighted by atomic mass is 31.3. The number of epoxide rings is 1. The van der Waals surface area contributed by atoms with Crippen LogP contribution in [-0.4, -0.2) is 97.9 Å². The summed E-state index contributed by atoms with van der Waals surface area (Å²) >= 11 is 0. The molecule has 6 N–H and O–H groups in total. The quantitative estimate of drug-likeness (QED) is 0.0134. The van der Waals surface area contributed by atoms with E-state index in [2.05, 4.69) is 83.9 Å². The van der Waals surface area contributed by atoms with Crippen molar-refractivity contribution in [2.75, 3.05) is 25.6 Å². The third-order valence-corrected chi connectivity index (χ3v) is 14.3. The summed E-state index contributed by atoms with van der Waals surface area (Å²) in [4.78, 5) is 62.0. The zero-order valence-corrected chi connectivity index (χ0v) is 44.6. The lowest BCUT2D eigenvalue weighted by molar-refractivity contribution is -0.161. The number of nitrogens with zero attached hydrogens (tertiary/aromatic N) is 2. The molecule has 19 nitrogen and oxygen atoms in total. The van der Waals surface area contributed by atoms with Gasteiger partial charge in [0.2, 0.25) is 0 Å². The first-order valence-corrected chi connectivity index (χ1v) is 29.1. The van der Waals surface area contributed by atoms with Crippen LogP contribution in [0.15, 0.2) is 90.0 Å². The van der Waals surface area contributed by atoms with Gasteiger partial charge < -0.3 is 44.7 Å². The molecule has 0 radical (unpaired) electrons. The number of ether oxygens (including phenoxy) is 4. The van der Waals surface area contributed by atoms with Gasteiger partial charge in [0.1, 0.15) is 30.7 Å². The van der Waals surface area contributed by atoms with Crippen molar-refractivity contribution in [3.63, 3.8) is 0 Å². The summed E-state index contributed by atoms with van der Waals surface area (Å²) in [7, 11) is -10.9. The van der Waals surface area contributed by atoms with Crippen LogP contribution in [0.4, 0.5) is 5.82 Å². The molecular formula is C52H83N3O16P2. The first-order valence-electron chi connectivity index (χ1n) is 26.1. The number of allylic oxidation sites excluding steroid dienone is 10. The van der Waals surface area contributed by atoms with E-state index >= 15 is 0 Å². The Morgan fingerprint density at radius 2 is 1.19 bits per heavy atom. The number of nitrogen functional groups attached to an aromatic ring is 1. The molecule has 9 atom stereocenters. The first kappa shape index (κ1) is 63.5. The van der Waals surface area contributed by atoms with Gasteiger partial charge in [0.15, 0.2) is 12.3 Å². The molecule has 2 aliphatic heterocycles. The molecule has 0 aliphatic carbocycles. The average molecular weight is 1070 g/mol. The van der Waals surface area contributed by atoms with E-state index in [1.165, 1.54) is 44.6 Å². The largest absolute Gasteiger partial charge is 0.481 e. The highest BCUT2D eigenvalue weighted by molar-refractivity contribution is 7.61. The van der Waals surface area contributed by atoms with Crippen LogP contribution in [0.1, 0.15) is 161 Å². The van der Waals surface area contributed by atoms with Crippen molar-refractivity contribution < 1.29 is 71.0 Å². The number of hydrogen-bond acceptors (Lipinski definition) is 16. The third kappa shape index (κ3) is 29.2. The molecule has 412 valence electrons. The maximum atomic E-state index is 12.9. The standard InChI is InChI=1S/C52H83N3O16P2/c1-3-5-7-9-11-12-13-14-15-16-17-18-19-20-23-27-31-35-47(56)65-39-42(68-48(57)36-32-28-24-21-22-26-30-34-44-43(69-44)33-29-25-10-8-6-4-2)40-66-72(61,62)71-73(63,64)67-41-45-49(58)50(59)51(70-45)55-38-37-46(53)54-52(55)60/h11-12,14-15,17-18,21,24-26,29-30,37-38,42-45,49-51,58-59H,3-10,13,16,19-20,22-23,27-28,31-36,39-41H2,1-2H3,(H,61,62)(H,63,64)(H2,53,54,60)/b12-11-,15-14-,18-17-,24-21-,29-25-,30-26-/t42-,43?,44?,45-,49-,50-,51-/m1/s1. The second kappa shape index (κ2) is 37.0. The molecule has 0 spiro atoms. The molecule has 0 bridgehead atoms. The van der Waals surface area contributed by atoms with E-state index in [1.54, 1.807) is 0 Å². The molecule has 0 aromatic carbocycles. The van der Waals surface area contributed by atoms with Crippen molar-refractivity contribution in [3.05, 3.63) is 95.7 Å². The summed E-state index contributed by atoms with van der Waals surface area (Å²) in [6.07, 6.45) is 38.7. The van der Waals surface area contributed by atoms with Gasteiger partial charge in [-0.05, 0) is 96.0 Å². The predicted molar refractivity (Wildman–Crippen MR) is 279 cm³/mol. The molecule has 1 aromatic rings. The van der Waals surface area contributed by atoms with Crippen LogP contribution < -0.4 is 11.4 Å². The number of carbonyl (C=O) groups excluding carboxylic acids is 2. The van der Waals surface area contributed by atoms with E-state index in [4.69, 9.17) is 33.7 Å². The number of phosphoric acid groups is 2. The minimum atomic E-state index is -5.45. The molecule has 73 heavy (non-hydrogen) atoms. The Balaban J connectivity index is 1.42. The Morgan fingerprint density at radius 1 is 0.671 bits per heavy atom. The summed E-state index contributed by atoms with van der Waals surface area (Å²) < 4.78 is 62.5. The summed E-state index contributed by atoms with van der Waals surface area (Å²) in [6.45, 7) is 2.01. The highest BCUT2D eigenvalue weighted by Crippen LogP contribution is 2.60. The summed E-state index contributed by atoms with van der Waals surface area (Å²) in [5, 5.41) is 20.9. The van der Waals surface area contributed by atoms with Gasteiger partial charge in [-0.3, -0.25) is 23.2 Å². The number of hydrogen-bond donors (Lipinski definition) is 5. The van der Waals surface area contributed by atoms with Gasteiger partial charge in [0.25, 0.3) is 0 Å². The van der Waals surface area contributed by atoms with Gasteiger partial charge in [-0.1, -0.05) is 125 Å². The topological polar surface area (TPSA) is 278 Å². The number of anilines is 1. The van der Waals surface area contributed by atoms with E-state index in [-0.39, 0.29) is 30.9 Å². The maximum Gasteiger partial charge on any atom is 0.481 e. The monoisotopic (exact) mass is 1070 g/mol. The Hall–Kier alpha value is -3.84. The number of carbonyl (C=O) groups is 2. The number of rotatable bonds is 41. The third-order valence-electron chi connectivity index (χ3n) is 11.7. The fourth-order valence-electron chi connectivity index (χ4n) is 7.47. The van der Waals surface area contributed by atoms with Gasteiger partial charge in [-0.2, -0.15) is 9.29 Å². The fourth-order valence-corrected chi connectivity index (χ4v) is 9.58. The van der Waals surface area contributed by atoms with Crippen LogP contribution >= 0.6 is 15.6 Å². The molecule has 2 fully saturated rings. The number of aromatic nitrogens is 2. The minimum absolute atomic E-state index is 0.0398. The molecule has 0 amide bonds. The summed E-state index contributed by atoms with van der Waals surface area (Å²) in [6, 6.07) is 1.24. The molecule has 4 unspecified atom stereocenters. The second-order valence-corrected chi connectivity index (χ2v) is 21.1. The summed E-state index contributed by atoms with van der Waals surface area (Å²) in [5.74, 6) is -1.40. The molecule has 3 heterocycles. The van der Waals surface area contributed by atoms with E-state index in [9.17, 15) is 43.5 Å². The average Bonchev–Trinajstić information content (AvgIpc) is 4.04. The van der Waals surface area contributed by atoms with Crippen LogP contribution in [-0.2, 0) is 51.0 Å². The number of esters is 2. The van der Waals surface area contributed by atoms with Crippen molar-refractivity contribution in [2.24, 2.45) is 0 Å². The predicted octanol–water partition coefficient (Wildman–Crippen LogP) is 9.88. The number of nitrogens with two attached hydrogens (primary N) is 1. The molecule has 0 saturated carbocycles. The van der Waals surface area contributed by atoms with Gasteiger partial charge in [-0.25, -0.2) is 13.9 Å². The zero-order chi connectivity index (χ0) is 53.2. The Kier molecular flexibility index (Phi) is 32.2. The number of phosphoric ester groups is 2. The lowest BCUT2D eigenvalue weighted by Gasteiger charge is -2.21. The zero-order valence-electron chi connectivity index (χ0n) is 42.9. The molecule has 2 saturated heterocycles. The van der Waals surface area contributed by atoms with Crippen LogP contribution in [0, 0.1) is 0 Å². The SMILES string of the molecule is CCCCC/C=C\C/C=C\C/C=C\CCCCCCC(=O)OC[C@H](COP(=O)(O)OP(=O)(O)OC[C@H]1O[C@@H](n2ccc(N)nc2=O)[C@H](O)[C@@H]1O)OC(=O)CCC/C=C\C/C=C\CC1OC1C/C=C\CCCCC. The number of aliphatic hydroxyl groups excluding tert-OH is 2. The minimum Gasteiger partial charge on any atom is -0.462 e. The van der Waals surface area contributed by atoms with Crippen molar-refractivity contribution in [1.82, 2.24) is 9.55 Å². The second-order valence-electron chi connectivity index (χ2n) is 18.1. The van der Waals surface area contributed by atoms with Gasteiger partial charge >= 0.3 is 33.3 Å². The molecule has 3 rings (SSSR count). The number of unbranched alkanes of at least 4 members (excludes halogenated alkanes) is 11.